The molecule has 1 atom stereocenters. The Morgan fingerprint density at radius 1 is 0.800 bits per heavy atom. The maximum Gasteiger partial charge on any atom is 0.490 e. The molecule has 0 heterocycles. The third-order valence-electron chi connectivity index (χ3n) is 7.72. The normalized spacial score (nSPS) is 11.6. The summed E-state index contributed by atoms with van der Waals surface area (Å²) in [6.45, 7) is 1.47. The number of aliphatic carboxylic acids is 1. The first-order chi connectivity index (χ1) is 23.9. The van der Waals surface area contributed by atoms with E-state index in [2.05, 4.69) is 23.5 Å². The highest BCUT2D eigenvalue weighted by Crippen LogP contribution is 2.27. The Balaban J connectivity index is 0.000000727. The molecule has 260 valence electrons. The first-order valence-electron chi connectivity index (χ1n) is 15.6. The summed E-state index contributed by atoms with van der Waals surface area (Å²) in [6, 6.07) is 35.6. The molecule has 0 saturated carbocycles. The number of phenolic OH excluding ortho intramolecular Hbond substituents is 1. The predicted molar refractivity (Wildman–Crippen MR) is 185 cm³/mol. The van der Waals surface area contributed by atoms with E-state index in [4.69, 9.17) is 21.4 Å². The van der Waals surface area contributed by atoms with Crippen molar-refractivity contribution >= 4 is 28.6 Å². The number of benzene rings is 5. The Hall–Kier alpha value is -5.72. The van der Waals surface area contributed by atoms with Crippen LogP contribution >= 0.6 is 0 Å². The first-order valence-corrected chi connectivity index (χ1v) is 15.6. The Bertz CT molecular complexity index is 1930. The summed E-state index contributed by atoms with van der Waals surface area (Å²) in [7, 11) is 0. The summed E-state index contributed by atoms with van der Waals surface area (Å²) in [6.07, 6.45) is -4.74. The highest BCUT2D eigenvalue weighted by Gasteiger charge is 2.38. The summed E-state index contributed by atoms with van der Waals surface area (Å²) in [5.41, 5.74) is 17.2. The van der Waals surface area contributed by atoms with Gasteiger partial charge in [0.2, 0.25) is 5.91 Å². The van der Waals surface area contributed by atoms with Crippen LogP contribution in [0.2, 0.25) is 0 Å². The van der Waals surface area contributed by atoms with Gasteiger partial charge in [-0.05, 0) is 69.3 Å². The van der Waals surface area contributed by atoms with Crippen molar-refractivity contribution in [3.05, 3.63) is 138 Å². The average molecular weight is 687 g/mol. The molecule has 0 saturated heterocycles. The minimum atomic E-state index is -5.08. The standard InChI is InChI=1S/C36H36N4O3.C2HF3O2/c37-19-20-39-35(42)33-14-4-3-13-32(33)28-10-5-7-26(21-28)23-40(24-29-11-6-9-27-8-1-2-12-31(27)29)36(43)34(38)22-25-15-17-30(41)18-16-25;3-2(4,5)1(6)7/h1-18,21,34,41H,19-20,22-24,37-38H2,(H,39,42);(H,6,7)/t34-;/m0./s1. The molecule has 50 heavy (non-hydrogen) atoms. The fraction of sp³-hybridized carbons (Fsp3) is 0.184. The topological polar surface area (TPSA) is 159 Å². The number of hydrogen-bond donors (Lipinski definition) is 5. The molecule has 9 nitrogen and oxygen atoms in total. The number of halogens is 3. The smallest absolute Gasteiger partial charge is 0.490 e. The Labute approximate surface area is 286 Å². The highest BCUT2D eigenvalue weighted by atomic mass is 19.4. The van der Waals surface area contributed by atoms with Crippen molar-refractivity contribution in [1.82, 2.24) is 10.2 Å². The van der Waals surface area contributed by atoms with E-state index in [0.717, 1.165) is 38.6 Å². The maximum atomic E-state index is 13.9. The van der Waals surface area contributed by atoms with E-state index >= 15 is 0 Å². The van der Waals surface area contributed by atoms with Crippen LogP contribution in [0, 0.1) is 0 Å². The lowest BCUT2D eigenvalue weighted by molar-refractivity contribution is -0.192. The lowest BCUT2D eigenvalue weighted by Gasteiger charge is -2.27. The third-order valence-corrected chi connectivity index (χ3v) is 7.72. The molecule has 0 fully saturated rings. The second-order valence-electron chi connectivity index (χ2n) is 11.4. The maximum absolute atomic E-state index is 13.9. The molecule has 0 aromatic heterocycles. The van der Waals surface area contributed by atoms with Gasteiger partial charge in [0.05, 0.1) is 6.04 Å². The van der Waals surface area contributed by atoms with Gasteiger partial charge in [-0.15, -0.1) is 0 Å². The summed E-state index contributed by atoms with van der Waals surface area (Å²) < 4.78 is 31.7. The van der Waals surface area contributed by atoms with Gasteiger partial charge in [0.15, 0.2) is 0 Å². The number of hydrogen-bond acceptors (Lipinski definition) is 6. The average Bonchev–Trinajstić information content (AvgIpc) is 3.11. The molecular formula is C38H37F3N4O5. The van der Waals surface area contributed by atoms with Gasteiger partial charge in [-0.25, -0.2) is 4.79 Å². The van der Waals surface area contributed by atoms with Crippen molar-refractivity contribution in [3.8, 4) is 16.9 Å². The number of rotatable bonds is 11. The van der Waals surface area contributed by atoms with Gasteiger partial charge in [0, 0.05) is 31.7 Å². The number of carbonyl (C=O) groups excluding carboxylic acids is 2. The van der Waals surface area contributed by atoms with Crippen LogP contribution in [-0.4, -0.2) is 58.2 Å². The Morgan fingerprint density at radius 3 is 2.14 bits per heavy atom. The zero-order chi connectivity index (χ0) is 36.3. The quantitative estimate of drug-likeness (QED) is 0.120. The van der Waals surface area contributed by atoms with Crippen LogP contribution in [0.1, 0.15) is 27.0 Å². The van der Waals surface area contributed by atoms with Crippen LogP contribution in [0.25, 0.3) is 21.9 Å². The molecule has 5 rings (SSSR count). The molecule has 0 bridgehead atoms. The van der Waals surface area contributed by atoms with E-state index in [1.165, 1.54) is 0 Å². The number of fused-ring (bicyclic) bond motifs is 1. The number of nitrogens with two attached hydrogens (primary N) is 2. The molecule has 7 N–H and O–H groups in total. The molecule has 0 radical (unpaired) electrons. The number of amides is 2. The van der Waals surface area contributed by atoms with E-state index in [1.54, 1.807) is 35.2 Å². The number of nitrogens with zero attached hydrogens (tertiary/aromatic N) is 1. The van der Waals surface area contributed by atoms with Gasteiger partial charge in [-0.1, -0.05) is 91.0 Å². The first kappa shape index (κ1) is 37.1. The largest absolute Gasteiger partial charge is 0.508 e. The van der Waals surface area contributed by atoms with E-state index in [-0.39, 0.29) is 17.6 Å². The number of nitrogens with one attached hydrogen (secondary N) is 1. The lowest BCUT2D eigenvalue weighted by atomic mass is 9.97. The minimum absolute atomic E-state index is 0.166. The van der Waals surface area contributed by atoms with Crippen LogP contribution < -0.4 is 16.8 Å². The van der Waals surface area contributed by atoms with Gasteiger partial charge in [-0.2, -0.15) is 13.2 Å². The number of aromatic hydroxyl groups is 1. The minimum Gasteiger partial charge on any atom is -0.508 e. The second-order valence-corrected chi connectivity index (χ2v) is 11.4. The zero-order valence-corrected chi connectivity index (χ0v) is 26.9. The van der Waals surface area contributed by atoms with Crippen LogP contribution in [0.5, 0.6) is 5.75 Å². The molecular weight excluding hydrogens is 649 g/mol. The van der Waals surface area contributed by atoms with Gasteiger partial charge in [0.1, 0.15) is 5.75 Å². The summed E-state index contributed by atoms with van der Waals surface area (Å²) in [5, 5.41) is 21.8. The molecule has 0 spiro atoms. The number of alkyl halides is 3. The number of carboxylic acids is 1. The van der Waals surface area contributed by atoms with Gasteiger partial charge in [-0.3, -0.25) is 9.59 Å². The number of carbonyl (C=O) groups is 3. The molecule has 12 heteroatoms. The summed E-state index contributed by atoms with van der Waals surface area (Å²) >= 11 is 0. The van der Waals surface area contributed by atoms with E-state index in [1.807, 2.05) is 66.7 Å². The van der Waals surface area contributed by atoms with E-state index < -0.39 is 18.2 Å². The molecule has 0 unspecified atom stereocenters. The Morgan fingerprint density at radius 2 is 1.44 bits per heavy atom. The van der Waals surface area contributed by atoms with Crippen molar-refractivity contribution in [2.45, 2.75) is 31.7 Å². The summed E-state index contributed by atoms with van der Waals surface area (Å²) in [5.74, 6) is -2.94. The summed E-state index contributed by atoms with van der Waals surface area (Å²) in [4.78, 5) is 37.5. The van der Waals surface area contributed by atoms with Crippen molar-refractivity contribution in [2.75, 3.05) is 13.1 Å². The number of carboxylic acid groups (broad SMARTS) is 1. The molecule has 0 aliphatic carbocycles. The van der Waals surface area contributed by atoms with E-state index in [9.17, 15) is 27.9 Å². The molecule has 2 amide bonds. The zero-order valence-electron chi connectivity index (χ0n) is 26.9. The van der Waals surface area contributed by atoms with E-state index in [0.29, 0.717) is 38.2 Å². The lowest BCUT2D eigenvalue weighted by Crippen LogP contribution is -2.44. The van der Waals surface area contributed by atoms with Crippen molar-refractivity contribution in [3.63, 3.8) is 0 Å². The van der Waals surface area contributed by atoms with Gasteiger partial charge >= 0.3 is 12.1 Å². The fourth-order valence-electron chi connectivity index (χ4n) is 5.33. The van der Waals surface area contributed by atoms with Crippen LogP contribution in [0.15, 0.2) is 115 Å². The monoisotopic (exact) mass is 686 g/mol. The number of phenols is 1. The van der Waals surface area contributed by atoms with Crippen LogP contribution in [-0.2, 0) is 29.1 Å². The molecule has 0 aliphatic heterocycles. The fourth-order valence-corrected chi connectivity index (χ4v) is 5.33. The Kier molecular flexibility index (Phi) is 12.7. The predicted octanol–water partition coefficient (Wildman–Crippen LogP) is 5.63. The molecule has 5 aromatic rings. The SMILES string of the molecule is NCCNC(=O)c1ccccc1-c1cccc(CN(Cc2cccc3ccccc23)C(=O)[C@@H](N)Cc2ccc(O)cc2)c1.O=C(O)C(F)(F)F. The van der Waals surface area contributed by atoms with Crippen LogP contribution in [0.4, 0.5) is 13.2 Å². The van der Waals surface area contributed by atoms with Crippen LogP contribution in [0.3, 0.4) is 0 Å². The third kappa shape index (κ3) is 10.1. The van der Waals surface area contributed by atoms with Crippen molar-refractivity contribution < 1.29 is 37.8 Å². The highest BCUT2D eigenvalue weighted by molar-refractivity contribution is 6.01. The van der Waals surface area contributed by atoms with Gasteiger partial charge < -0.3 is 31.9 Å². The van der Waals surface area contributed by atoms with Crippen molar-refractivity contribution in [1.29, 1.82) is 0 Å². The van der Waals surface area contributed by atoms with Gasteiger partial charge in [0.25, 0.3) is 5.91 Å². The van der Waals surface area contributed by atoms with Crippen molar-refractivity contribution in [2.24, 2.45) is 11.5 Å². The second kappa shape index (κ2) is 17.1. The molecule has 0 aliphatic rings. The molecule has 5 aromatic carbocycles.